The Balaban J connectivity index is 1.54. The van der Waals surface area contributed by atoms with Crippen LogP contribution in [0.3, 0.4) is 0 Å². The summed E-state index contributed by atoms with van der Waals surface area (Å²) < 4.78 is 28.3. The summed E-state index contributed by atoms with van der Waals surface area (Å²) in [5, 5.41) is 7.85. The van der Waals surface area contributed by atoms with Crippen LogP contribution in [0.5, 0.6) is 5.75 Å². The molecular weight excluding hydrogens is 380 g/mol. The summed E-state index contributed by atoms with van der Waals surface area (Å²) in [5.74, 6) is 0.640. The fourth-order valence-electron chi connectivity index (χ4n) is 3.19. The fraction of sp³-hybridized carbons (Fsp3) is 0.316. The highest BCUT2D eigenvalue weighted by Crippen LogP contribution is 2.28. The third kappa shape index (κ3) is 5.00. The lowest BCUT2D eigenvalue weighted by Crippen LogP contribution is -2.48. The van der Waals surface area contributed by atoms with E-state index in [1.54, 1.807) is 19.2 Å². The summed E-state index contributed by atoms with van der Waals surface area (Å²) in [6, 6.07) is 13.8. The van der Waals surface area contributed by atoms with E-state index in [-0.39, 0.29) is 17.3 Å². The van der Waals surface area contributed by atoms with E-state index in [1.165, 1.54) is 12.1 Å². The first-order valence-corrected chi connectivity index (χ1v) is 10.4. The molecule has 0 atom stereocenters. The largest absolute Gasteiger partial charge is 0.495 e. The van der Waals surface area contributed by atoms with Gasteiger partial charge < -0.3 is 15.0 Å². The van der Waals surface area contributed by atoms with Crippen LogP contribution < -0.4 is 20.1 Å². The number of nitrogens with one attached hydrogen (secondary N) is 1. The number of nitrogens with two attached hydrogens (primary N) is 1. The Hall–Kier alpha value is -2.62. The van der Waals surface area contributed by atoms with Crippen LogP contribution in [0.15, 0.2) is 53.4 Å². The zero-order valence-electron chi connectivity index (χ0n) is 15.7. The van der Waals surface area contributed by atoms with Crippen molar-refractivity contribution >= 4 is 27.3 Å². The van der Waals surface area contributed by atoms with Crippen LogP contribution in [0.25, 0.3) is 0 Å². The molecule has 0 aliphatic carbocycles. The first-order chi connectivity index (χ1) is 13.4. The minimum atomic E-state index is -3.80. The van der Waals surface area contributed by atoms with Crippen LogP contribution in [0, 0.1) is 0 Å². The van der Waals surface area contributed by atoms with Crippen molar-refractivity contribution in [2.24, 2.45) is 5.14 Å². The SMILES string of the molecule is COc1ccccc1N1CCN(CC(=O)Nc2cccc(S(N)(=O)=O)c2)CC1. The number of primary sulfonamides is 1. The van der Waals surface area contributed by atoms with Crippen LogP contribution in [0.1, 0.15) is 0 Å². The van der Waals surface area contributed by atoms with Crippen LogP contribution in [-0.4, -0.2) is 59.1 Å². The first-order valence-electron chi connectivity index (χ1n) is 8.90. The van der Waals surface area contributed by atoms with Gasteiger partial charge in [0.15, 0.2) is 0 Å². The molecule has 0 unspecified atom stereocenters. The molecule has 0 radical (unpaired) electrons. The topological polar surface area (TPSA) is 105 Å². The van der Waals surface area contributed by atoms with E-state index in [0.717, 1.165) is 37.6 Å². The highest BCUT2D eigenvalue weighted by Gasteiger charge is 2.21. The van der Waals surface area contributed by atoms with Crippen molar-refractivity contribution in [2.75, 3.05) is 50.1 Å². The molecule has 28 heavy (non-hydrogen) atoms. The number of hydrogen-bond donors (Lipinski definition) is 2. The Bertz CT molecular complexity index is 940. The Kier molecular flexibility index (Phi) is 6.18. The normalized spacial score (nSPS) is 15.3. The predicted octanol–water partition coefficient (Wildman–Crippen LogP) is 1.10. The number of rotatable bonds is 6. The van der Waals surface area contributed by atoms with Gasteiger partial charge in [-0.25, -0.2) is 13.6 Å². The molecule has 1 saturated heterocycles. The van der Waals surface area contributed by atoms with Gasteiger partial charge in [0.1, 0.15) is 5.75 Å². The van der Waals surface area contributed by atoms with Gasteiger partial charge in [-0.15, -0.1) is 0 Å². The predicted molar refractivity (Wildman–Crippen MR) is 108 cm³/mol. The van der Waals surface area contributed by atoms with E-state index in [0.29, 0.717) is 5.69 Å². The van der Waals surface area contributed by atoms with Gasteiger partial charge in [0.25, 0.3) is 0 Å². The molecule has 1 aliphatic heterocycles. The molecule has 2 aromatic rings. The lowest BCUT2D eigenvalue weighted by atomic mass is 10.2. The minimum absolute atomic E-state index is 0.0317. The molecule has 0 aromatic heterocycles. The van der Waals surface area contributed by atoms with Gasteiger partial charge in [-0.3, -0.25) is 9.69 Å². The maximum absolute atomic E-state index is 12.3. The zero-order chi connectivity index (χ0) is 20.1. The summed E-state index contributed by atoms with van der Waals surface area (Å²) in [5.41, 5.74) is 1.46. The molecule has 0 bridgehead atoms. The third-order valence-corrected chi connectivity index (χ3v) is 5.52. The van der Waals surface area contributed by atoms with Crippen LogP contribution in [0.2, 0.25) is 0 Å². The summed E-state index contributed by atoms with van der Waals surface area (Å²) >= 11 is 0. The molecule has 1 aliphatic rings. The Morgan fingerprint density at radius 2 is 1.82 bits per heavy atom. The molecule has 3 rings (SSSR count). The van der Waals surface area contributed by atoms with E-state index in [4.69, 9.17) is 9.88 Å². The molecule has 1 fully saturated rings. The number of anilines is 2. The molecule has 150 valence electrons. The molecule has 1 heterocycles. The number of amides is 1. The average Bonchev–Trinajstić information content (AvgIpc) is 2.68. The summed E-state index contributed by atoms with van der Waals surface area (Å²) in [6.07, 6.45) is 0. The summed E-state index contributed by atoms with van der Waals surface area (Å²) in [4.78, 5) is 16.6. The standard InChI is InChI=1S/C19H24N4O4S/c1-27-18-8-3-2-7-17(18)23-11-9-22(10-12-23)14-19(24)21-15-5-4-6-16(13-15)28(20,25)26/h2-8,13H,9-12,14H2,1H3,(H,21,24)(H2,20,25,26). The molecule has 0 saturated carbocycles. The molecular formula is C19H24N4O4S. The smallest absolute Gasteiger partial charge is 0.238 e. The van der Waals surface area contributed by atoms with Crippen LogP contribution >= 0.6 is 0 Å². The molecule has 3 N–H and O–H groups in total. The Morgan fingerprint density at radius 1 is 1.11 bits per heavy atom. The summed E-state index contributed by atoms with van der Waals surface area (Å²) in [6.45, 7) is 3.29. The van der Waals surface area contributed by atoms with Gasteiger partial charge in [0.2, 0.25) is 15.9 Å². The maximum atomic E-state index is 12.3. The number of hydrogen-bond acceptors (Lipinski definition) is 6. The van der Waals surface area contributed by atoms with Crippen LogP contribution in [0.4, 0.5) is 11.4 Å². The number of benzene rings is 2. The van der Waals surface area contributed by atoms with Gasteiger partial charge in [-0.05, 0) is 30.3 Å². The van der Waals surface area contributed by atoms with Gasteiger partial charge in [-0.1, -0.05) is 18.2 Å². The molecule has 8 nitrogen and oxygen atoms in total. The number of nitrogens with zero attached hydrogens (tertiary/aromatic N) is 2. The van der Waals surface area contributed by atoms with Crippen molar-refractivity contribution in [3.63, 3.8) is 0 Å². The van der Waals surface area contributed by atoms with Crippen molar-refractivity contribution < 1.29 is 17.9 Å². The highest BCUT2D eigenvalue weighted by atomic mass is 32.2. The third-order valence-electron chi connectivity index (χ3n) is 4.61. The molecule has 2 aromatic carbocycles. The van der Waals surface area contributed by atoms with Crippen molar-refractivity contribution in [3.05, 3.63) is 48.5 Å². The number of ether oxygens (including phenoxy) is 1. The molecule has 9 heteroatoms. The van der Waals surface area contributed by atoms with Gasteiger partial charge in [0.05, 0.1) is 24.2 Å². The fourth-order valence-corrected chi connectivity index (χ4v) is 3.75. The Labute approximate surface area is 164 Å². The van der Waals surface area contributed by atoms with Crippen molar-refractivity contribution in [1.82, 2.24) is 4.90 Å². The van der Waals surface area contributed by atoms with E-state index < -0.39 is 10.0 Å². The maximum Gasteiger partial charge on any atom is 0.238 e. The quantitative estimate of drug-likeness (QED) is 0.747. The molecule has 0 spiro atoms. The summed E-state index contributed by atoms with van der Waals surface area (Å²) in [7, 11) is -2.15. The zero-order valence-corrected chi connectivity index (χ0v) is 16.5. The average molecular weight is 404 g/mol. The number of piperazine rings is 1. The number of carbonyl (C=O) groups excluding carboxylic acids is 1. The number of sulfonamides is 1. The van der Waals surface area contributed by atoms with E-state index in [2.05, 4.69) is 15.1 Å². The lowest BCUT2D eigenvalue weighted by Gasteiger charge is -2.36. The van der Waals surface area contributed by atoms with E-state index >= 15 is 0 Å². The van der Waals surface area contributed by atoms with Crippen molar-refractivity contribution in [3.8, 4) is 5.75 Å². The first kappa shape index (κ1) is 20.1. The second kappa shape index (κ2) is 8.59. The van der Waals surface area contributed by atoms with Crippen molar-refractivity contribution in [2.45, 2.75) is 4.90 Å². The highest BCUT2D eigenvalue weighted by molar-refractivity contribution is 7.89. The monoisotopic (exact) mass is 404 g/mol. The van der Waals surface area contributed by atoms with Gasteiger partial charge in [0, 0.05) is 31.9 Å². The number of para-hydroxylation sites is 2. The van der Waals surface area contributed by atoms with Gasteiger partial charge >= 0.3 is 0 Å². The second-order valence-electron chi connectivity index (χ2n) is 6.56. The van der Waals surface area contributed by atoms with Crippen molar-refractivity contribution in [1.29, 1.82) is 0 Å². The second-order valence-corrected chi connectivity index (χ2v) is 8.12. The van der Waals surface area contributed by atoms with Crippen LogP contribution in [-0.2, 0) is 14.8 Å². The van der Waals surface area contributed by atoms with E-state index in [9.17, 15) is 13.2 Å². The molecule has 1 amide bonds. The van der Waals surface area contributed by atoms with E-state index in [1.807, 2.05) is 24.3 Å². The lowest BCUT2D eigenvalue weighted by molar-refractivity contribution is -0.117. The number of carbonyl (C=O) groups is 1. The van der Waals surface area contributed by atoms with Gasteiger partial charge in [-0.2, -0.15) is 0 Å². The Morgan fingerprint density at radius 3 is 2.50 bits per heavy atom. The number of methoxy groups -OCH3 is 1. The minimum Gasteiger partial charge on any atom is -0.495 e.